The van der Waals surface area contributed by atoms with Crippen LogP contribution in [0.15, 0.2) is 68.4 Å². The molecule has 0 spiro atoms. The molecule has 2 N–H and O–H groups in total. The van der Waals surface area contributed by atoms with Gasteiger partial charge in [-0.25, -0.2) is 13.4 Å². The van der Waals surface area contributed by atoms with Crippen molar-refractivity contribution in [1.82, 2.24) is 9.97 Å². The molecule has 0 aliphatic carbocycles. The Bertz CT molecular complexity index is 1360. The molecule has 10 heteroatoms. The Balaban J connectivity index is 1.72. The average Bonchev–Trinajstić information content (AvgIpc) is 2.77. The molecule has 1 heterocycles. The van der Waals surface area contributed by atoms with Gasteiger partial charge in [-0.1, -0.05) is 50.7 Å². The van der Waals surface area contributed by atoms with Crippen LogP contribution in [0.5, 0.6) is 5.75 Å². The summed E-state index contributed by atoms with van der Waals surface area (Å²) in [7, 11) is -2.53. The van der Waals surface area contributed by atoms with Crippen LogP contribution < -0.4 is 15.6 Å². The van der Waals surface area contributed by atoms with Crippen LogP contribution in [-0.4, -0.2) is 37.2 Å². The van der Waals surface area contributed by atoms with Gasteiger partial charge in [-0.3, -0.25) is 9.59 Å². The number of carbonyl (C=O) groups is 1. The number of methoxy groups -OCH3 is 1. The minimum Gasteiger partial charge on any atom is -0.495 e. The summed E-state index contributed by atoms with van der Waals surface area (Å²) in [6, 6.07) is 11.9. The van der Waals surface area contributed by atoms with Crippen molar-refractivity contribution in [2.45, 2.75) is 48.1 Å². The molecule has 0 aliphatic heterocycles. The third-order valence-electron chi connectivity index (χ3n) is 5.03. The van der Waals surface area contributed by atoms with Crippen molar-refractivity contribution >= 4 is 33.2 Å². The number of hydrogen-bond acceptors (Lipinski definition) is 7. The van der Waals surface area contributed by atoms with Crippen LogP contribution in [0, 0.1) is 6.92 Å². The molecule has 1 aromatic heterocycles. The van der Waals surface area contributed by atoms with Crippen LogP contribution in [0.3, 0.4) is 0 Å². The van der Waals surface area contributed by atoms with Gasteiger partial charge >= 0.3 is 0 Å². The van der Waals surface area contributed by atoms with Gasteiger partial charge in [0.05, 0.1) is 29.6 Å². The zero-order valence-corrected chi connectivity index (χ0v) is 21.3. The highest BCUT2D eigenvalue weighted by molar-refractivity contribution is 7.99. The molecule has 0 radical (unpaired) electrons. The zero-order valence-electron chi connectivity index (χ0n) is 19.6. The van der Waals surface area contributed by atoms with Crippen LogP contribution >= 0.6 is 11.8 Å². The minimum atomic E-state index is -4.04. The van der Waals surface area contributed by atoms with E-state index in [2.05, 4.69) is 15.3 Å². The Morgan fingerprint density at radius 2 is 1.82 bits per heavy atom. The molecule has 3 rings (SSSR count). The fourth-order valence-corrected chi connectivity index (χ4v) is 5.00. The Labute approximate surface area is 203 Å². The maximum Gasteiger partial charge on any atom is 0.270 e. The van der Waals surface area contributed by atoms with Gasteiger partial charge in [0.25, 0.3) is 5.56 Å². The van der Waals surface area contributed by atoms with Crippen molar-refractivity contribution < 1.29 is 17.9 Å². The van der Waals surface area contributed by atoms with Crippen molar-refractivity contribution in [3.8, 4) is 5.75 Å². The largest absolute Gasteiger partial charge is 0.495 e. The molecule has 8 nitrogen and oxygen atoms in total. The maximum absolute atomic E-state index is 12.9. The first-order valence-electron chi connectivity index (χ1n) is 10.4. The Kier molecular flexibility index (Phi) is 7.52. The molecule has 0 bridgehead atoms. The van der Waals surface area contributed by atoms with Gasteiger partial charge < -0.3 is 15.0 Å². The highest BCUT2D eigenvalue weighted by Crippen LogP contribution is 2.27. The SMILES string of the molecule is COc1ccc(C)cc1NC(=O)CSc1ncc(S(=O)(=O)c2ccc(C(C)(C)C)cc2)c(=O)[nH]1. The van der Waals surface area contributed by atoms with Crippen LogP contribution in [0.1, 0.15) is 31.9 Å². The van der Waals surface area contributed by atoms with Gasteiger partial charge in [0, 0.05) is 0 Å². The molecule has 0 fully saturated rings. The van der Waals surface area contributed by atoms with E-state index >= 15 is 0 Å². The number of hydrogen-bond donors (Lipinski definition) is 2. The number of aromatic nitrogens is 2. The summed E-state index contributed by atoms with van der Waals surface area (Å²) in [5, 5.41) is 2.90. The number of rotatable bonds is 7. The summed E-state index contributed by atoms with van der Waals surface area (Å²) in [6.07, 6.45) is 1.02. The lowest BCUT2D eigenvalue weighted by Crippen LogP contribution is -2.20. The van der Waals surface area contributed by atoms with Gasteiger partial charge in [-0.2, -0.15) is 0 Å². The molecule has 0 atom stereocenters. The number of H-pyrrole nitrogens is 1. The first-order valence-corrected chi connectivity index (χ1v) is 12.9. The van der Waals surface area contributed by atoms with Gasteiger partial charge in [-0.15, -0.1) is 0 Å². The van der Waals surface area contributed by atoms with Crippen molar-refractivity contribution in [2.24, 2.45) is 0 Å². The number of ether oxygens (including phenoxy) is 1. The number of amides is 1. The molecule has 0 saturated carbocycles. The van der Waals surface area contributed by atoms with E-state index in [4.69, 9.17) is 4.74 Å². The summed E-state index contributed by atoms with van der Waals surface area (Å²) < 4.78 is 31.1. The Morgan fingerprint density at radius 1 is 1.15 bits per heavy atom. The van der Waals surface area contributed by atoms with E-state index < -0.39 is 20.3 Å². The van der Waals surface area contributed by atoms with Crippen molar-refractivity contribution in [1.29, 1.82) is 0 Å². The second-order valence-corrected chi connectivity index (χ2v) is 11.6. The number of anilines is 1. The molecule has 2 aromatic carbocycles. The summed E-state index contributed by atoms with van der Waals surface area (Å²) >= 11 is 0.985. The molecule has 0 unspecified atom stereocenters. The highest BCUT2D eigenvalue weighted by Gasteiger charge is 2.23. The number of carbonyl (C=O) groups excluding carboxylic acids is 1. The van der Waals surface area contributed by atoms with E-state index in [-0.39, 0.29) is 27.1 Å². The topological polar surface area (TPSA) is 118 Å². The number of aryl methyl sites for hydroxylation is 1. The Hall–Kier alpha value is -3.11. The van der Waals surface area contributed by atoms with Gasteiger partial charge in [0.1, 0.15) is 5.75 Å². The normalized spacial score (nSPS) is 11.8. The van der Waals surface area contributed by atoms with E-state index in [0.29, 0.717) is 11.4 Å². The monoisotopic (exact) mass is 501 g/mol. The number of nitrogens with zero attached hydrogens (tertiary/aromatic N) is 1. The van der Waals surface area contributed by atoms with Crippen LogP contribution in [0.4, 0.5) is 5.69 Å². The zero-order chi connectivity index (χ0) is 25.1. The van der Waals surface area contributed by atoms with Crippen LogP contribution in [-0.2, 0) is 20.0 Å². The Morgan fingerprint density at radius 3 is 2.41 bits per heavy atom. The number of benzene rings is 2. The lowest BCUT2D eigenvalue weighted by Gasteiger charge is -2.19. The van der Waals surface area contributed by atoms with Crippen molar-refractivity contribution in [3.05, 3.63) is 70.1 Å². The quantitative estimate of drug-likeness (QED) is 0.372. The predicted molar refractivity (Wildman–Crippen MR) is 133 cm³/mol. The molecule has 0 saturated heterocycles. The lowest BCUT2D eigenvalue weighted by molar-refractivity contribution is -0.113. The number of nitrogens with one attached hydrogen (secondary N) is 2. The second-order valence-electron chi connectivity index (χ2n) is 8.70. The maximum atomic E-state index is 12.9. The number of thioether (sulfide) groups is 1. The van der Waals surface area contributed by atoms with E-state index in [0.717, 1.165) is 29.1 Å². The molecule has 34 heavy (non-hydrogen) atoms. The summed E-state index contributed by atoms with van der Waals surface area (Å²) in [5.74, 6) is 0.160. The first-order chi connectivity index (χ1) is 15.9. The van der Waals surface area contributed by atoms with E-state index in [1.807, 2.05) is 33.8 Å². The summed E-state index contributed by atoms with van der Waals surface area (Å²) in [6.45, 7) is 7.98. The predicted octanol–water partition coefficient (Wildman–Crippen LogP) is 3.95. The number of aromatic amines is 1. The first kappa shape index (κ1) is 25.5. The fraction of sp³-hybridized carbons (Fsp3) is 0.292. The van der Waals surface area contributed by atoms with Crippen molar-refractivity contribution in [3.63, 3.8) is 0 Å². The van der Waals surface area contributed by atoms with Gasteiger partial charge in [-0.05, 0) is 47.7 Å². The summed E-state index contributed by atoms with van der Waals surface area (Å²) in [4.78, 5) is 30.9. The third kappa shape index (κ3) is 5.87. The van der Waals surface area contributed by atoms with E-state index in [1.165, 1.54) is 19.2 Å². The standard InChI is InChI=1S/C24H27N3O5S2/c1-15-6-11-19(32-5)18(12-15)26-21(28)14-33-23-25-13-20(22(29)27-23)34(30,31)17-9-7-16(8-10-17)24(2,3)4/h6-13H,14H2,1-5H3,(H,26,28)(H,25,27,29). The number of sulfone groups is 1. The van der Waals surface area contributed by atoms with Gasteiger partial charge in [0.15, 0.2) is 10.1 Å². The molecule has 1 amide bonds. The second kappa shape index (κ2) is 10.0. The third-order valence-corrected chi connectivity index (χ3v) is 7.68. The smallest absolute Gasteiger partial charge is 0.270 e. The van der Waals surface area contributed by atoms with Crippen LogP contribution in [0.2, 0.25) is 0 Å². The van der Waals surface area contributed by atoms with Gasteiger partial charge in [0.2, 0.25) is 15.7 Å². The molecule has 180 valence electrons. The fourth-order valence-electron chi connectivity index (χ4n) is 3.13. The average molecular weight is 502 g/mol. The lowest BCUT2D eigenvalue weighted by atomic mass is 9.87. The molecule has 0 aliphatic rings. The van der Waals surface area contributed by atoms with E-state index in [9.17, 15) is 18.0 Å². The highest BCUT2D eigenvalue weighted by atomic mass is 32.2. The summed E-state index contributed by atoms with van der Waals surface area (Å²) in [5.41, 5.74) is 1.55. The molecule has 3 aromatic rings. The van der Waals surface area contributed by atoms with Crippen LogP contribution in [0.25, 0.3) is 0 Å². The molecular weight excluding hydrogens is 474 g/mol. The molecular formula is C24H27N3O5S2. The van der Waals surface area contributed by atoms with Crippen molar-refractivity contribution in [2.75, 3.05) is 18.2 Å². The van der Waals surface area contributed by atoms with E-state index in [1.54, 1.807) is 24.3 Å². The minimum absolute atomic E-state index is 0.0136.